The summed E-state index contributed by atoms with van der Waals surface area (Å²) in [5.41, 5.74) is 3.66. The molecule has 1 unspecified atom stereocenters. The quantitative estimate of drug-likeness (QED) is 0.239. The number of ether oxygens (including phenoxy) is 2. The van der Waals surface area contributed by atoms with E-state index in [9.17, 15) is 14.8 Å². The molecule has 3 heterocycles. The molecule has 0 amide bonds. The third-order valence-electron chi connectivity index (χ3n) is 6.41. The summed E-state index contributed by atoms with van der Waals surface area (Å²) in [7, 11) is -4.33. The van der Waals surface area contributed by atoms with Crippen LogP contribution in [0.5, 0.6) is 0 Å². The van der Waals surface area contributed by atoms with Gasteiger partial charge in [0.2, 0.25) is 0 Å². The number of benzene rings is 1. The van der Waals surface area contributed by atoms with Gasteiger partial charge in [-0.3, -0.25) is 9.56 Å². The number of aliphatic hydroxyl groups is 2. The molecule has 1 aromatic carbocycles. The summed E-state index contributed by atoms with van der Waals surface area (Å²) >= 11 is 6.32. The van der Waals surface area contributed by atoms with Crippen LogP contribution >= 0.6 is 19.2 Å². The Balaban J connectivity index is 1.42. The predicted octanol–water partition coefficient (Wildman–Crippen LogP) is 2.67. The van der Waals surface area contributed by atoms with E-state index in [-0.39, 0.29) is 18.7 Å². The van der Waals surface area contributed by atoms with Crippen molar-refractivity contribution in [3.05, 3.63) is 58.4 Å². The largest absolute Gasteiger partial charge is 0.388 e. The number of nitrogens with one attached hydrogen (secondary N) is 1. The van der Waals surface area contributed by atoms with Gasteiger partial charge in [0.25, 0.3) is 0 Å². The minimum absolute atomic E-state index is 0.0365. The fourth-order valence-electron chi connectivity index (χ4n) is 4.54. The van der Waals surface area contributed by atoms with E-state index >= 15 is 0 Å². The summed E-state index contributed by atoms with van der Waals surface area (Å²) in [5, 5.41) is 24.7. The number of aliphatic imine (C=N–C) groups is 1. The van der Waals surface area contributed by atoms with Crippen LogP contribution in [0.4, 0.5) is 5.69 Å². The molecule has 5 N–H and O–H groups in total. The summed E-state index contributed by atoms with van der Waals surface area (Å²) in [5.74, 6) is 0. The van der Waals surface area contributed by atoms with Crippen molar-refractivity contribution in [1.29, 1.82) is 0 Å². The molecule has 12 heteroatoms. The Morgan fingerprint density at radius 3 is 2.67 bits per heavy atom. The van der Waals surface area contributed by atoms with Crippen LogP contribution in [-0.4, -0.2) is 74.6 Å². The van der Waals surface area contributed by atoms with Gasteiger partial charge in [0.05, 0.1) is 24.4 Å². The van der Waals surface area contributed by atoms with Crippen LogP contribution < -0.4 is 5.32 Å². The molecule has 2 aliphatic rings. The molecule has 2 aromatic rings. The van der Waals surface area contributed by atoms with Gasteiger partial charge in [-0.15, -0.1) is 0 Å². The number of halogens is 1. The van der Waals surface area contributed by atoms with E-state index in [4.69, 9.17) is 35.9 Å². The number of rotatable bonds is 9. The minimum atomic E-state index is -4.33. The highest BCUT2D eigenvalue weighted by atomic mass is 35.5. The first-order valence-corrected chi connectivity index (χ1v) is 14.0. The minimum Gasteiger partial charge on any atom is -0.388 e. The van der Waals surface area contributed by atoms with Crippen LogP contribution in [0.1, 0.15) is 42.6 Å². The Bertz CT molecular complexity index is 1120. The van der Waals surface area contributed by atoms with E-state index in [1.807, 2.05) is 18.2 Å². The van der Waals surface area contributed by atoms with E-state index < -0.39 is 38.4 Å². The molecule has 0 bridgehead atoms. The van der Waals surface area contributed by atoms with Gasteiger partial charge >= 0.3 is 7.60 Å². The number of nitrogens with zero attached hydrogens (tertiary/aromatic N) is 2. The molecule has 1 aromatic heterocycles. The SMILES string of the molecule is C[C@H](Nc1cc(Cl)nc2c1C=NC(C[C@@H]1O[C@H](COCP(=O)(O)O)[C@@H](O)[C@H]1O)CC2)c1ccccc1. The van der Waals surface area contributed by atoms with Gasteiger partial charge in [-0.25, -0.2) is 4.98 Å². The number of anilines is 1. The number of aliphatic hydroxyl groups excluding tert-OH is 2. The van der Waals surface area contributed by atoms with Crippen molar-refractivity contribution >= 4 is 31.1 Å². The molecule has 196 valence electrons. The van der Waals surface area contributed by atoms with E-state index in [0.29, 0.717) is 24.4 Å². The molecule has 36 heavy (non-hydrogen) atoms. The van der Waals surface area contributed by atoms with Crippen LogP contribution in [-0.2, 0) is 20.5 Å². The second-order valence-electron chi connectivity index (χ2n) is 9.19. The smallest absolute Gasteiger partial charge is 0.350 e. The van der Waals surface area contributed by atoms with Gasteiger partial charge in [-0.2, -0.15) is 0 Å². The molecule has 10 nitrogen and oxygen atoms in total. The Kier molecular flexibility index (Phi) is 8.80. The fraction of sp³-hybridized carbons (Fsp3) is 0.500. The van der Waals surface area contributed by atoms with Crippen LogP contribution in [0.3, 0.4) is 0 Å². The van der Waals surface area contributed by atoms with Gasteiger partial charge in [0.15, 0.2) is 0 Å². The lowest BCUT2D eigenvalue weighted by Gasteiger charge is -2.19. The Hall–Kier alpha value is -1.88. The molecule has 2 aliphatic heterocycles. The molecule has 0 aliphatic carbocycles. The third kappa shape index (κ3) is 6.90. The predicted molar refractivity (Wildman–Crippen MR) is 136 cm³/mol. The maximum absolute atomic E-state index is 11.0. The number of aromatic nitrogens is 1. The maximum Gasteiger partial charge on any atom is 0.350 e. The van der Waals surface area contributed by atoms with Gasteiger partial charge < -0.3 is 34.8 Å². The average Bonchev–Trinajstić information content (AvgIpc) is 2.97. The van der Waals surface area contributed by atoms with Gasteiger partial charge in [-0.05, 0) is 37.8 Å². The van der Waals surface area contributed by atoms with Crippen LogP contribution in [0, 0.1) is 0 Å². The Morgan fingerprint density at radius 1 is 1.22 bits per heavy atom. The second kappa shape index (κ2) is 11.7. The second-order valence-corrected chi connectivity index (χ2v) is 11.2. The molecule has 1 saturated heterocycles. The number of fused-ring (bicyclic) bond motifs is 1. The highest BCUT2D eigenvalue weighted by Crippen LogP contribution is 2.35. The zero-order valence-corrected chi connectivity index (χ0v) is 21.4. The molecule has 0 radical (unpaired) electrons. The first kappa shape index (κ1) is 27.2. The van der Waals surface area contributed by atoms with Crippen LogP contribution in [0.15, 0.2) is 41.4 Å². The zero-order chi connectivity index (χ0) is 25.9. The van der Waals surface area contributed by atoms with Crippen molar-refractivity contribution in [3.8, 4) is 0 Å². The molecule has 0 saturated carbocycles. The molecular formula is C24H31ClN3O7P. The summed E-state index contributed by atoms with van der Waals surface area (Å²) in [6.07, 6.45) is -1.36. The normalized spacial score (nSPS) is 26.9. The van der Waals surface area contributed by atoms with Crippen molar-refractivity contribution in [2.75, 3.05) is 18.3 Å². The summed E-state index contributed by atoms with van der Waals surface area (Å²) in [6.45, 7) is 1.83. The van der Waals surface area contributed by atoms with E-state index in [1.54, 1.807) is 12.3 Å². The topological polar surface area (TPSA) is 154 Å². The Labute approximate surface area is 214 Å². The van der Waals surface area contributed by atoms with Crippen molar-refractivity contribution < 1.29 is 34.0 Å². The highest BCUT2D eigenvalue weighted by Gasteiger charge is 2.43. The van der Waals surface area contributed by atoms with Crippen molar-refractivity contribution in [2.45, 2.75) is 62.7 Å². The number of hydrogen-bond acceptors (Lipinski definition) is 8. The Morgan fingerprint density at radius 2 is 1.94 bits per heavy atom. The number of pyridine rings is 1. The summed E-state index contributed by atoms with van der Waals surface area (Å²) in [4.78, 5) is 27.1. The lowest BCUT2D eigenvalue weighted by molar-refractivity contribution is -0.0411. The van der Waals surface area contributed by atoms with Gasteiger partial charge in [0.1, 0.15) is 29.8 Å². The molecule has 6 atom stereocenters. The number of hydrogen-bond donors (Lipinski definition) is 5. The maximum atomic E-state index is 11.0. The van der Waals surface area contributed by atoms with Gasteiger partial charge in [-0.1, -0.05) is 41.9 Å². The van der Waals surface area contributed by atoms with Crippen molar-refractivity contribution in [3.63, 3.8) is 0 Å². The lowest BCUT2D eigenvalue weighted by Crippen LogP contribution is -2.35. The molecule has 0 spiro atoms. The number of aryl methyl sites for hydroxylation is 1. The fourth-order valence-corrected chi connectivity index (χ4v) is 5.09. The summed E-state index contributed by atoms with van der Waals surface area (Å²) < 4.78 is 21.7. The zero-order valence-electron chi connectivity index (χ0n) is 19.8. The monoisotopic (exact) mass is 539 g/mol. The van der Waals surface area contributed by atoms with Crippen LogP contribution in [0.2, 0.25) is 5.15 Å². The van der Waals surface area contributed by atoms with E-state index in [0.717, 1.165) is 22.5 Å². The average molecular weight is 540 g/mol. The van der Waals surface area contributed by atoms with E-state index in [1.165, 1.54) is 0 Å². The summed E-state index contributed by atoms with van der Waals surface area (Å²) in [6, 6.07) is 11.7. The third-order valence-corrected chi connectivity index (χ3v) is 7.13. The molecule has 4 rings (SSSR count). The lowest BCUT2D eigenvalue weighted by atomic mass is 9.99. The van der Waals surface area contributed by atoms with Gasteiger partial charge in [0, 0.05) is 23.5 Å². The highest BCUT2D eigenvalue weighted by molar-refractivity contribution is 7.51. The van der Waals surface area contributed by atoms with Crippen molar-refractivity contribution in [2.24, 2.45) is 4.99 Å². The first-order valence-electron chi connectivity index (χ1n) is 11.8. The first-order chi connectivity index (χ1) is 17.1. The van der Waals surface area contributed by atoms with Crippen molar-refractivity contribution in [1.82, 2.24) is 4.98 Å². The molecular weight excluding hydrogens is 509 g/mol. The van der Waals surface area contributed by atoms with Crippen LogP contribution in [0.25, 0.3) is 0 Å². The molecule has 1 fully saturated rings. The standard InChI is InChI=1S/C24H31ClN3O7P/c1-14(15-5-3-2-4-6-15)27-19-10-22(25)28-18-8-7-16(26-11-17(18)19)9-20-23(29)24(30)21(35-20)12-34-13-36(31,32)33/h2-6,10-11,14,16,20-21,23-24,29-30H,7-9,12-13H2,1H3,(H,27,28)(H2,31,32,33)/t14-,16?,20-,21+,23-,24+/m0/s1. The van der Waals surface area contributed by atoms with E-state index in [2.05, 4.69) is 29.4 Å².